The smallest absolute Gasteiger partial charge is 0.195 e. The molecule has 3 N–H and O–H groups in total. The third-order valence-electron chi connectivity index (χ3n) is 2.15. The van der Waals surface area contributed by atoms with Crippen molar-refractivity contribution in [3.63, 3.8) is 0 Å². The van der Waals surface area contributed by atoms with E-state index in [4.69, 9.17) is 10.9 Å². The largest absolute Gasteiger partial charge is 0.409 e. The first-order valence-electron chi connectivity index (χ1n) is 5.46. The topological polar surface area (TPSA) is 110 Å². The molecule has 0 aliphatic heterocycles. The highest BCUT2D eigenvalue weighted by atomic mass is 32.2. The van der Waals surface area contributed by atoms with E-state index in [1.54, 1.807) is 6.07 Å². The molecule has 7 nitrogen and oxygen atoms in total. The lowest BCUT2D eigenvalue weighted by Crippen LogP contribution is -2.16. The van der Waals surface area contributed by atoms with Gasteiger partial charge in [0.25, 0.3) is 0 Å². The molecule has 0 amide bonds. The van der Waals surface area contributed by atoms with Crippen molar-refractivity contribution in [1.82, 2.24) is 19.3 Å². The molecule has 0 unspecified atom stereocenters. The lowest BCUT2D eigenvalue weighted by Gasteiger charge is -2.02. The molecular formula is C10H12N6OS2. The maximum atomic E-state index is 8.67. The van der Waals surface area contributed by atoms with Gasteiger partial charge in [-0.15, -0.1) is 0 Å². The average Bonchev–Trinajstić information content (AvgIpc) is 2.84. The SMILES string of the molecule is CCc1nsc(Sc2nc(C)cc(/C(N)=N/O)n2)n1. The zero-order valence-electron chi connectivity index (χ0n) is 10.4. The summed E-state index contributed by atoms with van der Waals surface area (Å²) in [6.07, 6.45) is 0.793. The molecule has 2 aromatic heterocycles. The van der Waals surface area contributed by atoms with Gasteiger partial charge in [-0.2, -0.15) is 4.37 Å². The Hall–Kier alpha value is -1.74. The van der Waals surface area contributed by atoms with Crippen LogP contribution in [-0.4, -0.2) is 30.4 Å². The number of aromatic nitrogens is 4. The van der Waals surface area contributed by atoms with Crippen LogP contribution in [0.3, 0.4) is 0 Å². The summed E-state index contributed by atoms with van der Waals surface area (Å²) in [6.45, 7) is 3.81. The van der Waals surface area contributed by atoms with Crippen molar-refractivity contribution in [2.45, 2.75) is 29.8 Å². The van der Waals surface area contributed by atoms with E-state index in [1.807, 2.05) is 13.8 Å². The van der Waals surface area contributed by atoms with Gasteiger partial charge in [0.05, 0.1) is 0 Å². The van der Waals surface area contributed by atoms with Gasteiger partial charge in [-0.3, -0.25) is 0 Å². The summed E-state index contributed by atoms with van der Waals surface area (Å²) >= 11 is 2.62. The summed E-state index contributed by atoms with van der Waals surface area (Å²) in [4.78, 5) is 12.8. The fourth-order valence-electron chi connectivity index (χ4n) is 1.27. The molecule has 0 bridgehead atoms. The summed E-state index contributed by atoms with van der Waals surface area (Å²) in [5, 5.41) is 12.1. The van der Waals surface area contributed by atoms with E-state index in [2.05, 4.69) is 24.5 Å². The average molecular weight is 296 g/mol. The van der Waals surface area contributed by atoms with Gasteiger partial charge in [0.2, 0.25) is 0 Å². The van der Waals surface area contributed by atoms with Gasteiger partial charge in [0.15, 0.2) is 15.3 Å². The van der Waals surface area contributed by atoms with Gasteiger partial charge in [0, 0.05) is 12.1 Å². The van der Waals surface area contributed by atoms with Crippen LogP contribution in [0.1, 0.15) is 24.1 Å². The molecule has 19 heavy (non-hydrogen) atoms. The molecule has 0 aliphatic carbocycles. The molecule has 2 heterocycles. The second-order valence-corrected chi connectivity index (χ2v) is 5.56. The normalized spacial score (nSPS) is 11.8. The van der Waals surface area contributed by atoms with Crippen molar-refractivity contribution in [2.75, 3.05) is 0 Å². The number of aryl methyl sites for hydroxylation is 2. The van der Waals surface area contributed by atoms with Crippen molar-refractivity contribution in [3.05, 3.63) is 23.3 Å². The molecule has 0 aromatic carbocycles. The fourth-order valence-corrected chi connectivity index (χ4v) is 2.90. The van der Waals surface area contributed by atoms with Gasteiger partial charge in [-0.1, -0.05) is 12.1 Å². The first-order valence-corrected chi connectivity index (χ1v) is 7.05. The minimum absolute atomic E-state index is 0.0427. The van der Waals surface area contributed by atoms with Crippen molar-refractivity contribution < 1.29 is 5.21 Å². The molecular weight excluding hydrogens is 284 g/mol. The van der Waals surface area contributed by atoms with Crippen molar-refractivity contribution in [3.8, 4) is 0 Å². The summed E-state index contributed by atoms with van der Waals surface area (Å²) < 4.78 is 4.96. The molecule has 9 heteroatoms. The number of amidine groups is 1. The van der Waals surface area contributed by atoms with Gasteiger partial charge >= 0.3 is 0 Å². The molecule has 100 valence electrons. The van der Waals surface area contributed by atoms with Crippen LogP contribution in [0.15, 0.2) is 20.7 Å². The molecule has 0 aliphatic rings. The van der Waals surface area contributed by atoms with E-state index < -0.39 is 0 Å². The minimum Gasteiger partial charge on any atom is -0.409 e. The summed E-state index contributed by atoms with van der Waals surface area (Å²) in [5.41, 5.74) is 6.65. The standard InChI is InChI=1S/C10H12N6OS2/c1-3-7-14-10(19-16-7)18-9-12-5(2)4-6(13-9)8(11)15-17/h4,17H,3H2,1-2H3,(H2,11,15). The molecule has 2 rings (SSSR count). The summed E-state index contributed by atoms with van der Waals surface area (Å²) in [7, 11) is 0. The Balaban J connectivity index is 2.27. The Labute approximate surface area is 118 Å². The molecule has 0 saturated heterocycles. The first-order chi connectivity index (χ1) is 9.12. The van der Waals surface area contributed by atoms with Crippen LogP contribution in [-0.2, 0) is 6.42 Å². The summed E-state index contributed by atoms with van der Waals surface area (Å²) in [6, 6.07) is 1.65. The Kier molecular flexibility index (Phi) is 4.27. The second-order valence-electron chi connectivity index (χ2n) is 3.59. The Morgan fingerprint density at radius 3 is 2.89 bits per heavy atom. The number of oxime groups is 1. The van der Waals surface area contributed by atoms with Crippen LogP contribution in [0.5, 0.6) is 0 Å². The highest BCUT2D eigenvalue weighted by Crippen LogP contribution is 2.26. The van der Waals surface area contributed by atoms with E-state index in [0.29, 0.717) is 10.9 Å². The zero-order chi connectivity index (χ0) is 13.8. The van der Waals surface area contributed by atoms with Gasteiger partial charge in [-0.05, 0) is 36.3 Å². The number of hydrogen-bond acceptors (Lipinski definition) is 8. The Bertz CT molecular complexity index is 612. The van der Waals surface area contributed by atoms with Crippen LogP contribution in [0.4, 0.5) is 0 Å². The number of nitrogens with zero attached hydrogens (tertiary/aromatic N) is 5. The van der Waals surface area contributed by atoms with Gasteiger partial charge < -0.3 is 10.9 Å². The first kappa shape index (κ1) is 13.7. The van der Waals surface area contributed by atoms with E-state index >= 15 is 0 Å². The monoisotopic (exact) mass is 296 g/mol. The van der Waals surface area contributed by atoms with Crippen molar-refractivity contribution >= 4 is 29.1 Å². The van der Waals surface area contributed by atoms with Gasteiger partial charge in [-0.25, -0.2) is 15.0 Å². The lowest BCUT2D eigenvalue weighted by atomic mass is 10.3. The van der Waals surface area contributed by atoms with Crippen LogP contribution in [0.2, 0.25) is 0 Å². The maximum absolute atomic E-state index is 8.67. The van der Waals surface area contributed by atoms with Crippen molar-refractivity contribution in [2.24, 2.45) is 10.9 Å². The van der Waals surface area contributed by atoms with E-state index in [1.165, 1.54) is 23.3 Å². The number of rotatable bonds is 4. The predicted molar refractivity (Wildman–Crippen MR) is 72.7 cm³/mol. The maximum Gasteiger partial charge on any atom is 0.195 e. The second kappa shape index (κ2) is 5.93. The molecule has 0 radical (unpaired) electrons. The van der Waals surface area contributed by atoms with E-state index in [-0.39, 0.29) is 5.84 Å². The van der Waals surface area contributed by atoms with E-state index in [9.17, 15) is 0 Å². The number of hydrogen-bond donors (Lipinski definition) is 2. The third kappa shape index (κ3) is 3.38. The zero-order valence-corrected chi connectivity index (χ0v) is 12.0. The number of nitrogens with two attached hydrogens (primary N) is 1. The minimum atomic E-state index is -0.0427. The Morgan fingerprint density at radius 2 is 2.26 bits per heavy atom. The molecule has 0 fully saturated rings. The molecule has 0 atom stereocenters. The molecule has 0 saturated carbocycles. The van der Waals surface area contributed by atoms with Crippen LogP contribution >= 0.6 is 23.3 Å². The highest BCUT2D eigenvalue weighted by Gasteiger charge is 2.10. The van der Waals surface area contributed by atoms with E-state index in [0.717, 1.165) is 22.3 Å². The fraction of sp³-hybridized carbons (Fsp3) is 0.300. The van der Waals surface area contributed by atoms with Crippen LogP contribution < -0.4 is 5.73 Å². The third-order valence-corrected chi connectivity index (χ3v) is 3.80. The molecule has 0 spiro atoms. The van der Waals surface area contributed by atoms with Crippen LogP contribution in [0, 0.1) is 6.92 Å². The molecule has 2 aromatic rings. The van der Waals surface area contributed by atoms with Gasteiger partial charge in [0.1, 0.15) is 11.5 Å². The summed E-state index contributed by atoms with van der Waals surface area (Å²) in [5.74, 6) is 0.760. The van der Waals surface area contributed by atoms with Crippen LogP contribution in [0.25, 0.3) is 0 Å². The lowest BCUT2D eigenvalue weighted by molar-refractivity contribution is 0.318. The quantitative estimate of drug-likeness (QED) is 0.289. The Morgan fingerprint density at radius 1 is 1.47 bits per heavy atom. The predicted octanol–water partition coefficient (Wildman–Crippen LogP) is 1.44. The highest BCUT2D eigenvalue weighted by molar-refractivity contribution is 8.00. The van der Waals surface area contributed by atoms with Crippen molar-refractivity contribution in [1.29, 1.82) is 0 Å².